The van der Waals surface area contributed by atoms with Crippen molar-refractivity contribution in [2.45, 2.75) is 37.8 Å². The Hall–Kier alpha value is -4.40. The van der Waals surface area contributed by atoms with E-state index in [-0.39, 0.29) is 44.3 Å². The molecule has 0 saturated carbocycles. The van der Waals surface area contributed by atoms with Gasteiger partial charge in [0, 0.05) is 38.0 Å². The second-order valence-electron chi connectivity index (χ2n) is 9.73. The number of carbonyl (C=O) groups is 4. The van der Waals surface area contributed by atoms with E-state index in [2.05, 4.69) is 10.6 Å². The quantitative estimate of drug-likeness (QED) is 0.352. The molecule has 226 valence electrons. The number of halogens is 4. The first-order valence-electron chi connectivity index (χ1n) is 12.7. The van der Waals surface area contributed by atoms with Gasteiger partial charge in [-0.1, -0.05) is 6.07 Å². The summed E-state index contributed by atoms with van der Waals surface area (Å²) in [6.07, 6.45) is -6.40. The minimum atomic E-state index is -4.79. The van der Waals surface area contributed by atoms with Gasteiger partial charge in [0.2, 0.25) is 11.8 Å². The minimum Gasteiger partial charge on any atom is -0.467 e. The van der Waals surface area contributed by atoms with E-state index >= 15 is 0 Å². The number of hydrogen-bond donors (Lipinski definition) is 2. The van der Waals surface area contributed by atoms with Crippen LogP contribution in [0.5, 0.6) is 0 Å². The molecule has 2 N–H and O–H groups in total. The number of nitrogens with zero attached hydrogens (tertiary/aromatic N) is 2. The lowest BCUT2D eigenvalue weighted by Gasteiger charge is -2.23. The van der Waals surface area contributed by atoms with Crippen molar-refractivity contribution in [3.8, 4) is 0 Å². The molecule has 4 rings (SSSR count). The molecule has 42 heavy (non-hydrogen) atoms. The van der Waals surface area contributed by atoms with Gasteiger partial charge in [0.05, 0.1) is 25.8 Å². The van der Waals surface area contributed by atoms with Crippen LogP contribution in [0.2, 0.25) is 0 Å². The molecule has 11 nitrogen and oxygen atoms in total. The topological polar surface area (TPSA) is 127 Å². The Labute approximate surface area is 237 Å². The SMILES string of the molecule is COCC(=O)Nc1ccc2c(c1)CN(C(=O)O[C@@H]1C[C@@H](C(=O)OC)N(C(=O)CNc3cc(F)cc(C(F)(F)F)c3)C1)C2. The molecule has 0 unspecified atom stereocenters. The molecule has 3 amide bonds. The van der Waals surface area contributed by atoms with Gasteiger partial charge < -0.3 is 29.7 Å². The van der Waals surface area contributed by atoms with Crippen LogP contribution in [0.15, 0.2) is 36.4 Å². The van der Waals surface area contributed by atoms with E-state index in [4.69, 9.17) is 14.2 Å². The van der Waals surface area contributed by atoms with Gasteiger partial charge in [0.15, 0.2) is 0 Å². The fraction of sp³-hybridized carbons (Fsp3) is 0.407. The predicted molar refractivity (Wildman–Crippen MR) is 138 cm³/mol. The number of esters is 1. The smallest absolute Gasteiger partial charge is 0.416 e. The summed E-state index contributed by atoms with van der Waals surface area (Å²) in [5.74, 6) is -2.93. The van der Waals surface area contributed by atoms with Gasteiger partial charge in [-0.05, 0) is 41.5 Å². The fourth-order valence-corrected chi connectivity index (χ4v) is 4.80. The van der Waals surface area contributed by atoms with Crippen LogP contribution in [0.3, 0.4) is 0 Å². The van der Waals surface area contributed by atoms with Crippen LogP contribution < -0.4 is 10.6 Å². The highest BCUT2D eigenvalue weighted by Gasteiger charge is 2.42. The highest BCUT2D eigenvalue weighted by atomic mass is 19.4. The summed E-state index contributed by atoms with van der Waals surface area (Å²) in [6.45, 7) is -0.384. The summed E-state index contributed by atoms with van der Waals surface area (Å²) in [6, 6.07) is 5.91. The molecule has 2 aromatic carbocycles. The highest BCUT2D eigenvalue weighted by Crippen LogP contribution is 2.32. The summed E-state index contributed by atoms with van der Waals surface area (Å²) in [5, 5.41) is 5.14. The molecular weight excluding hydrogens is 568 g/mol. The van der Waals surface area contributed by atoms with Crippen molar-refractivity contribution in [2.24, 2.45) is 0 Å². The normalized spacial score (nSPS) is 18.0. The maximum atomic E-state index is 13.7. The van der Waals surface area contributed by atoms with Gasteiger partial charge in [-0.25, -0.2) is 14.0 Å². The number of rotatable bonds is 8. The van der Waals surface area contributed by atoms with E-state index in [1.165, 1.54) is 12.0 Å². The zero-order valence-corrected chi connectivity index (χ0v) is 22.6. The standard InChI is InChI=1S/C27H28F4N4O7/c1-40-14-23(36)33-19-4-3-15-11-34(12-16(15)5-19)26(39)42-21-9-22(25(38)41-2)35(13-21)24(37)10-32-20-7-17(27(29,30)31)6-18(28)8-20/h3-8,21-22,32H,9-14H2,1-2H3,(H,33,36)/t21-,22+/m1/s1. The van der Waals surface area contributed by atoms with Gasteiger partial charge >= 0.3 is 18.2 Å². The lowest BCUT2D eigenvalue weighted by molar-refractivity contribution is -0.150. The van der Waals surface area contributed by atoms with Crippen LogP contribution in [0.25, 0.3) is 0 Å². The average Bonchev–Trinajstić information content (AvgIpc) is 3.55. The maximum absolute atomic E-state index is 13.7. The zero-order chi connectivity index (χ0) is 30.6. The number of ether oxygens (including phenoxy) is 3. The monoisotopic (exact) mass is 596 g/mol. The van der Waals surface area contributed by atoms with E-state index in [0.717, 1.165) is 29.2 Å². The van der Waals surface area contributed by atoms with Gasteiger partial charge in [-0.15, -0.1) is 0 Å². The number of alkyl halides is 3. The molecule has 0 aliphatic carbocycles. The Bertz CT molecular complexity index is 1370. The number of nitrogens with one attached hydrogen (secondary N) is 2. The number of carbonyl (C=O) groups excluding carboxylic acids is 4. The molecule has 1 fully saturated rings. The van der Waals surface area contributed by atoms with E-state index in [1.54, 1.807) is 18.2 Å². The van der Waals surface area contributed by atoms with Crippen LogP contribution in [0.4, 0.5) is 33.7 Å². The van der Waals surface area contributed by atoms with E-state index in [9.17, 15) is 36.7 Å². The third-order valence-electron chi connectivity index (χ3n) is 6.74. The largest absolute Gasteiger partial charge is 0.467 e. The highest BCUT2D eigenvalue weighted by molar-refractivity contribution is 5.92. The van der Waals surface area contributed by atoms with Gasteiger partial charge in [-0.2, -0.15) is 13.2 Å². The number of amides is 3. The van der Waals surface area contributed by atoms with Gasteiger partial charge in [-0.3, -0.25) is 14.5 Å². The molecule has 0 bridgehead atoms. The van der Waals surface area contributed by atoms with E-state index in [1.807, 2.05) is 0 Å². The average molecular weight is 597 g/mol. The Morgan fingerprint density at radius 3 is 2.43 bits per heavy atom. The Kier molecular flexibility index (Phi) is 9.19. The lowest BCUT2D eigenvalue weighted by Crippen LogP contribution is -2.44. The van der Waals surface area contributed by atoms with Crippen molar-refractivity contribution in [3.05, 3.63) is 58.9 Å². The second kappa shape index (κ2) is 12.6. The summed E-state index contributed by atoms with van der Waals surface area (Å²) in [7, 11) is 2.53. The van der Waals surface area contributed by atoms with Crippen molar-refractivity contribution in [1.82, 2.24) is 9.80 Å². The summed E-state index contributed by atoms with van der Waals surface area (Å²) in [4.78, 5) is 52.6. The first-order chi connectivity index (χ1) is 19.9. The number of methoxy groups -OCH3 is 2. The summed E-state index contributed by atoms with van der Waals surface area (Å²) >= 11 is 0. The zero-order valence-electron chi connectivity index (χ0n) is 22.6. The lowest BCUT2D eigenvalue weighted by atomic mass is 10.1. The van der Waals surface area contributed by atoms with Crippen LogP contribution in [-0.4, -0.2) is 79.7 Å². The minimum absolute atomic E-state index is 0.0567. The summed E-state index contributed by atoms with van der Waals surface area (Å²) in [5.41, 5.74) is 0.689. The molecule has 0 radical (unpaired) electrons. The molecule has 2 atom stereocenters. The van der Waals surface area contributed by atoms with Crippen molar-refractivity contribution in [3.63, 3.8) is 0 Å². The van der Waals surface area contributed by atoms with Crippen LogP contribution in [0, 0.1) is 5.82 Å². The molecule has 0 spiro atoms. The molecule has 2 heterocycles. The first kappa shape index (κ1) is 30.6. The maximum Gasteiger partial charge on any atom is 0.416 e. The predicted octanol–water partition coefficient (Wildman–Crippen LogP) is 3.14. The van der Waals surface area contributed by atoms with Crippen LogP contribution in [-0.2, 0) is 47.9 Å². The molecular formula is C27H28F4N4O7. The number of anilines is 2. The number of benzene rings is 2. The van der Waals surface area contributed by atoms with Crippen molar-refractivity contribution >= 4 is 35.3 Å². The number of likely N-dealkylation sites (tertiary alicyclic amines) is 1. The van der Waals surface area contributed by atoms with E-state index < -0.39 is 54.2 Å². The first-order valence-corrected chi connectivity index (χ1v) is 12.7. The Morgan fingerprint density at radius 2 is 1.74 bits per heavy atom. The molecule has 2 aromatic rings. The molecule has 0 aromatic heterocycles. The molecule has 2 aliphatic heterocycles. The second-order valence-corrected chi connectivity index (χ2v) is 9.73. The Balaban J connectivity index is 1.36. The molecule has 2 aliphatic rings. The third kappa shape index (κ3) is 7.26. The third-order valence-corrected chi connectivity index (χ3v) is 6.74. The van der Waals surface area contributed by atoms with Gasteiger partial charge in [0.1, 0.15) is 24.6 Å². The van der Waals surface area contributed by atoms with E-state index in [0.29, 0.717) is 17.8 Å². The molecule has 15 heteroatoms. The number of fused-ring (bicyclic) bond motifs is 1. The van der Waals surface area contributed by atoms with Gasteiger partial charge in [0.25, 0.3) is 0 Å². The Morgan fingerprint density at radius 1 is 1.00 bits per heavy atom. The van der Waals surface area contributed by atoms with Crippen molar-refractivity contribution in [1.29, 1.82) is 0 Å². The van der Waals surface area contributed by atoms with Crippen LogP contribution >= 0.6 is 0 Å². The summed E-state index contributed by atoms with van der Waals surface area (Å²) < 4.78 is 67.9. The number of hydrogen-bond acceptors (Lipinski definition) is 8. The van der Waals surface area contributed by atoms with Crippen molar-refractivity contribution in [2.75, 3.05) is 44.5 Å². The van der Waals surface area contributed by atoms with Crippen molar-refractivity contribution < 1.29 is 51.0 Å². The van der Waals surface area contributed by atoms with Crippen LogP contribution in [0.1, 0.15) is 23.1 Å². The fourth-order valence-electron chi connectivity index (χ4n) is 4.80. The molecule has 1 saturated heterocycles.